The predicted molar refractivity (Wildman–Crippen MR) is 62.9 cm³/mol. The summed E-state index contributed by atoms with van der Waals surface area (Å²) in [6.45, 7) is 0. The molecule has 2 aromatic heterocycles. The molecule has 0 bridgehead atoms. The molecule has 0 aliphatic heterocycles. The van der Waals surface area contributed by atoms with Gasteiger partial charge >= 0.3 is 0 Å². The highest BCUT2D eigenvalue weighted by molar-refractivity contribution is 8.13. The van der Waals surface area contributed by atoms with E-state index in [9.17, 15) is 8.42 Å². The summed E-state index contributed by atoms with van der Waals surface area (Å²) in [6.07, 6.45) is 5.35. The summed E-state index contributed by atoms with van der Waals surface area (Å²) < 4.78 is 21.6. The van der Waals surface area contributed by atoms with Crippen LogP contribution < -0.4 is 0 Å². The molecular formula is C10H9ClN2O2S. The number of pyridine rings is 2. The van der Waals surface area contributed by atoms with Crippen molar-refractivity contribution in [2.24, 2.45) is 0 Å². The fourth-order valence-corrected chi connectivity index (χ4v) is 2.10. The van der Waals surface area contributed by atoms with Gasteiger partial charge in [-0.15, -0.1) is 0 Å². The minimum atomic E-state index is -3.44. The molecule has 0 unspecified atom stereocenters. The van der Waals surface area contributed by atoms with E-state index in [0.29, 0.717) is 6.42 Å². The van der Waals surface area contributed by atoms with Crippen LogP contribution in [0.5, 0.6) is 0 Å². The van der Waals surface area contributed by atoms with Crippen molar-refractivity contribution in [3.05, 3.63) is 36.3 Å². The number of hydrogen-bond acceptors (Lipinski definition) is 4. The third-order valence-corrected chi connectivity index (χ3v) is 3.33. The van der Waals surface area contributed by atoms with Gasteiger partial charge in [-0.05, 0) is 24.1 Å². The maximum absolute atomic E-state index is 10.8. The number of halogens is 1. The Bertz CT molecular complexity index is 613. The molecule has 0 saturated carbocycles. The molecule has 0 spiro atoms. The van der Waals surface area contributed by atoms with Gasteiger partial charge in [0.15, 0.2) is 0 Å². The van der Waals surface area contributed by atoms with Crippen molar-refractivity contribution in [2.45, 2.75) is 6.42 Å². The number of rotatable bonds is 3. The Labute approximate surface area is 97.7 Å². The van der Waals surface area contributed by atoms with Crippen LogP contribution in [0.4, 0.5) is 0 Å². The molecule has 0 aromatic carbocycles. The van der Waals surface area contributed by atoms with Crippen LogP contribution in [-0.4, -0.2) is 24.1 Å². The number of aryl methyl sites for hydroxylation is 1. The fraction of sp³-hybridized carbons (Fsp3) is 0.200. The lowest BCUT2D eigenvalue weighted by Crippen LogP contribution is -2.01. The molecule has 2 heterocycles. The van der Waals surface area contributed by atoms with Gasteiger partial charge in [-0.25, -0.2) is 8.42 Å². The molecule has 16 heavy (non-hydrogen) atoms. The summed E-state index contributed by atoms with van der Waals surface area (Å²) in [5, 5.41) is 0.944. The third kappa shape index (κ3) is 2.90. The van der Waals surface area contributed by atoms with Crippen LogP contribution in [0.1, 0.15) is 5.56 Å². The molecule has 6 heteroatoms. The fourth-order valence-electron chi connectivity index (χ4n) is 1.39. The Balaban J connectivity index is 2.26. The molecule has 0 amide bonds. The molecule has 2 aromatic rings. The molecule has 0 atom stereocenters. The van der Waals surface area contributed by atoms with Gasteiger partial charge in [-0.2, -0.15) is 0 Å². The van der Waals surface area contributed by atoms with Crippen LogP contribution in [0.15, 0.2) is 30.7 Å². The monoisotopic (exact) mass is 256 g/mol. The zero-order valence-corrected chi connectivity index (χ0v) is 9.87. The van der Waals surface area contributed by atoms with Crippen LogP contribution in [0.3, 0.4) is 0 Å². The van der Waals surface area contributed by atoms with Crippen LogP contribution >= 0.6 is 10.7 Å². The van der Waals surface area contributed by atoms with Crippen molar-refractivity contribution in [1.29, 1.82) is 0 Å². The van der Waals surface area contributed by atoms with E-state index in [2.05, 4.69) is 9.97 Å². The molecule has 0 aliphatic rings. The van der Waals surface area contributed by atoms with Crippen LogP contribution in [0.2, 0.25) is 0 Å². The van der Waals surface area contributed by atoms with Gasteiger partial charge in [-0.1, -0.05) is 0 Å². The van der Waals surface area contributed by atoms with Gasteiger partial charge < -0.3 is 0 Å². The maximum atomic E-state index is 10.8. The summed E-state index contributed by atoms with van der Waals surface area (Å²) in [5.74, 6) is -0.0766. The van der Waals surface area contributed by atoms with Crippen molar-refractivity contribution < 1.29 is 8.42 Å². The standard InChI is InChI=1S/C10H9ClN2O2S/c11-16(14,15)4-2-8-5-9-1-3-12-7-10(9)13-6-8/h1,3,5-7H,2,4H2. The zero-order chi connectivity index (χ0) is 11.6. The minimum absolute atomic E-state index is 0.0766. The summed E-state index contributed by atoms with van der Waals surface area (Å²) >= 11 is 0. The molecule has 84 valence electrons. The molecule has 0 fully saturated rings. The average molecular weight is 257 g/mol. The summed E-state index contributed by atoms with van der Waals surface area (Å²) in [6, 6.07) is 3.73. The number of hydrogen-bond donors (Lipinski definition) is 0. The topological polar surface area (TPSA) is 59.9 Å². The Morgan fingerprint density at radius 2 is 2.12 bits per heavy atom. The smallest absolute Gasteiger partial charge is 0.232 e. The SMILES string of the molecule is O=S(=O)(Cl)CCc1cnc2cnccc2c1. The van der Waals surface area contributed by atoms with Gasteiger partial charge in [-0.3, -0.25) is 9.97 Å². The Morgan fingerprint density at radius 3 is 2.88 bits per heavy atom. The number of aromatic nitrogens is 2. The van der Waals surface area contributed by atoms with Crippen molar-refractivity contribution >= 4 is 30.6 Å². The second kappa shape index (κ2) is 4.35. The van der Waals surface area contributed by atoms with E-state index in [0.717, 1.165) is 16.5 Å². The van der Waals surface area contributed by atoms with E-state index in [1.165, 1.54) is 0 Å². The largest absolute Gasteiger partial charge is 0.262 e. The van der Waals surface area contributed by atoms with Crippen molar-refractivity contribution in [3.8, 4) is 0 Å². The number of nitrogens with zero attached hydrogens (tertiary/aromatic N) is 2. The Kier molecular flexibility index (Phi) is 3.07. The first-order valence-corrected chi connectivity index (χ1v) is 7.13. The minimum Gasteiger partial charge on any atom is -0.262 e. The van der Waals surface area contributed by atoms with E-state index in [1.54, 1.807) is 18.6 Å². The van der Waals surface area contributed by atoms with Gasteiger partial charge in [0.1, 0.15) is 0 Å². The summed E-state index contributed by atoms with van der Waals surface area (Å²) in [4.78, 5) is 8.13. The number of fused-ring (bicyclic) bond motifs is 1. The maximum Gasteiger partial charge on any atom is 0.232 e. The predicted octanol–water partition coefficient (Wildman–Crippen LogP) is 1.74. The molecule has 0 saturated heterocycles. The van der Waals surface area contributed by atoms with Gasteiger partial charge in [0, 0.05) is 28.5 Å². The molecular weight excluding hydrogens is 248 g/mol. The molecule has 0 N–H and O–H groups in total. The van der Waals surface area contributed by atoms with Crippen LogP contribution in [0, 0.1) is 0 Å². The molecule has 0 aliphatic carbocycles. The first-order chi connectivity index (χ1) is 7.54. The third-order valence-electron chi connectivity index (χ3n) is 2.18. The molecule has 2 rings (SSSR count). The quantitative estimate of drug-likeness (QED) is 0.785. The van der Waals surface area contributed by atoms with Gasteiger partial charge in [0.25, 0.3) is 0 Å². The van der Waals surface area contributed by atoms with Crippen LogP contribution in [0.25, 0.3) is 10.9 Å². The van der Waals surface area contributed by atoms with E-state index in [-0.39, 0.29) is 5.75 Å². The second-order valence-corrected chi connectivity index (χ2v) is 6.30. The van der Waals surface area contributed by atoms with Crippen LogP contribution in [-0.2, 0) is 15.5 Å². The Hall–Kier alpha value is -1.20. The molecule has 4 nitrogen and oxygen atoms in total. The second-order valence-electron chi connectivity index (χ2n) is 3.40. The van der Waals surface area contributed by atoms with E-state index in [4.69, 9.17) is 10.7 Å². The first kappa shape index (κ1) is 11.3. The van der Waals surface area contributed by atoms with Crippen molar-refractivity contribution in [1.82, 2.24) is 9.97 Å². The van der Waals surface area contributed by atoms with E-state index in [1.807, 2.05) is 12.1 Å². The van der Waals surface area contributed by atoms with Gasteiger partial charge in [0.05, 0.1) is 17.5 Å². The highest BCUT2D eigenvalue weighted by Gasteiger charge is 2.06. The van der Waals surface area contributed by atoms with Crippen molar-refractivity contribution in [3.63, 3.8) is 0 Å². The Morgan fingerprint density at radius 1 is 1.31 bits per heavy atom. The first-order valence-electron chi connectivity index (χ1n) is 4.65. The van der Waals surface area contributed by atoms with E-state index < -0.39 is 9.05 Å². The lowest BCUT2D eigenvalue weighted by atomic mass is 10.1. The normalized spacial score (nSPS) is 11.8. The zero-order valence-electron chi connectivity index (χ0n) is 8.30. The lowest BCUT2D eigenvalue weighted by Gasteiger charge is -2.01. The summed E-state index contributed by atoms with van der Waals surface area (Å²) in [7, 11) is 1.70. The van der Waals surface area contributed by atoms with Gasteiger partial charge in [0.2, 0.25) is 9.05 Å². The molecule has 0 radical (unpaired) electrons. The highest BCUT2D eigenvalue weighted by Crippen LogP contribution is 2.12. The lowest BCUT2D eigenvalue weighted by molar-refractivity contribution is 0.609. The highest BCUT2D eigenvalue weighted by atomic mass is 35.7. The average Bonchev–Trinajstić information content (AvgIpc) is 2.25. The van der Waals surface area contributed by atoms with E-state index >= 15 is 0 Å². The van der Waals surface area contributed by atoms with Crippen molar-refractivity contribution in [2.75, 3.05) is 5.75 Å². The summed E-state index contributed by atoms with van der Waals surface area (Å²) in [5.41, 5.74) is 1.64.